The van der Waals surface area contributed by atoms with Gasteiger partial charge in [-0.3, -0.25) is 0 Å². The monoisotopic (exact) mass is 496 g/mol. The van der Waals surface area contributed by atoms with Crippen molar-refractivity contribution in [3.63, 3.8) is 0 Å². The van der Waals surface area contributed by atoms with Crippen LogP contribution in [-0.2, 0) is 0 Å². The predicted molar refractivity (Wildman–Crippen MR) is 125 cm³/mol. The van der Waals surface area contributed by atoms with E-state index in [0.717, 1.165) is 25.2 Å². The lowest BCUT2D eigenvalue weighted by molar-refractivity contribution is -2.00. The summed E-state index contributed by atoms with van der Waals surface area (Å²) in [5, 5.41) is 0. The van der Waals surface area contributed by atoms with Gasteiger partial charge >= 0.3 is 0 Å². The molecule has 176 valence electrons. The lowest BCUT2D eigenvalue weighted by Crippen LogP contribution is -2.68. The Kier molecular flexibility index (Phi) is 9.53. The molecule has 1 heterocycles. The first-order valence-corrected chi connectivity index (χ1v) is 12.8. The summed E-state index contributed by atoms with van der Waals surface area (Å²) in [6.07, 6.45) is 2.23. The highest BCUT2D eigenvalue weighted by Crippen LogP contribution is 2.37. The lowest BCUT2D eigenvalue weighted by atomic mass is 10.0. The van der Waals surface area contributed by atoms with Crippen LogP contribution in [0, 0.1) is 10.2 Å². The lowest BCUT2D eigenvalue weighted by Gasteiger charge is -2.17. The SMILES string of the molecule is CCCCOc1ccc(-c2cc(-c3ccccc3)[s+]c(-c3ccccc3)c2)cc1.[O-][Cl+3]([O-])([O-])[O-]. The van der Waals surface area contributed by atoms with Crippen LogP contribution in [0.4, 0.5) is 0 Å². The molecule has 0 aliphatic rings. The molecule has 0 amide bonds. The molecule has 7 heteroatoms. The van der Waals surface area contributed by atoms with Crippen LogP contribution in [0.15, 0.2) is 97.1 Å². The summed E-state index contributed by atoms with van der Waals surface area (Å²) in [5.74, 6) is 0.938. The maximum atomic E-state index is 8.49. The van der Waals surface area contributed by atoms with Gasteiger partial charge in [-0.05, 0) is 53.9 Å². The Morgan fingerprint density at radius 2 is 1.12 bits per heavy atom. The fourth-order valence-corrected chi connectivity index (χ4v) is 4.35. The number of unbranched alkanes of at least 4 members (excludes halogenated alkanes) is 1. The fourth-order valence-electron chi connectivity index (χ4n) is 3.24. The van der Waals surface area contributed by atoms with Gasteiger partial charge in [0.25, 0.3) is 0 Å². The van der Waals surface area contributed by atoms with Gasteiger partial charge in [0.15, 0.2) is 0 Å². The van der Waals surface area contributed by atoms with Crippen LogP contribution in [-0.4, -0.2) is 6.61 Å². The van der Waals surface area contributed by atoms with Crippen molar-refractivity contribution in [1.29, 1.82) is 0 Å². The maximum absolute atomic E-state index is 8.49. The summed E-state index contributed by atoms with van der Waals surface area (Å²) in [6, 6.07) is 34.3. The molecule has 4 aromatic rings. The third-order valence-corrected chi connectivity index (χ3v) is 6.01. The quantitative estimate of drug-likeness (QED) is 0.288. The number of benzene rings is 3. The van der Waals surface area contributed by atoms with Gasteiger partial charge < -0.3 is 4.74 Å². The van der Waals surface area contributed by atoms with Crippen LogP contribution in [0.3, 0.4) is 0 Å². The van der Waals surface area contributed by atoms with Crippen molar-refractivity contribution in [3.8, 4) is 37.8 Å². The van der Waals surface area contributed by atoms with Crippen LogP contribution < -0.4 is 23.4 Å². The highest BCUT2D eigenvalue weighted by molar-refractivity contribution is 7.18. The molecule has 0 spiro atoms. The van der Waals surface area contributed by atoms with Crippen molar-refractivity contribution >= 4 is 11.3 Å². The molecular weight excluding hydrogens is 472 g/mol. The Labute approximate surface area is 205 Å². The van der Waals surface area contributed by atoms with Crippen LogP contribution in [0.2, 0.25) is 0 Å². The van der Waals surface area contributed by atoms with E-state index in [-0.39, 0.29) is 0 Å². The van der Waals surface area contributed by atoms with Crippen molar-refractivity contribution in [2.24, 2.45) is 0 Å². The topological polar surface area (TPSA) is 101 Å². The van der Waals surface area contributed by atoms with Crippen LogP contribution in [0.5, 0.6) is 5.75 Å². The molecule has 0 radical (unpaired) electrons. The minimum Gasteiger partial charge on any atom is -0.494 e. The number of hydrogen-bond acceptors (Lipinski definition) is 5. The zero-order valence-corrected chi connectivity index (χ0v) is 20.3. The second kappa shape index (κ2) is 12.6. The molecule has 4 rings (SSSR count). The van der Waals surface area contributed by atoms with Crippen molar-refractivity contribution in [3.05, 3.63) is 97.1 Å². The Balaban J connectivity index is 0.000000588. The molecule has 0 aliphatic heterocycles. The highest BCUT2D eigenvalue weighted by Gasteiger charge is 2.19. The molecule has 0 aliphatic carbocycles. The molecular formula is C27H25ClO5S. The van der Waals surface area contributed by atoms with Gasteiger partial charge in [-0.25, -0.2) is 18.6 Å². The molecule has 0 unspecified atom stereocenters. The third-order valence-electron chi connectivity index (χ3n) is 4.86. The summed E-state index contributed by atoms with van der Waals surface area (Å²) in [7, 11) is -4.94. The first kappa shape index (κ1) is 25.8. The molecule has 0 fully saturated rings. The zero-order chi connectivity index (χ0) is 24.4. The van der Waals surface area contributed by atoms with Crippen molar-refractivity contribution in [2.45, 2.75) is 19.8 Å². The van der Waals surface area contributed by atoms with Gasteiger partial charge in [-0.2, -0.15) is 0 Å². The normalized spacial score (nSPS) is 10.9. The largest absolute Gasteiger partial charge is 0.494 e. The van der Waals surface area contributed by atoms with Gasteiger partial charge in [0.1, 0.15) is 5.75 Å². The Bertz CT molecular complexity index is 1080. The molecule has 0 atom stereocenters. The molecule has 1 aromatic heterocycles. The van der Waals surface area contributed by atoms with Crippen molar-refractivity contribution in [1.82, 2.24) is 0 Å². The van der Waals surface area contributed by atoms with Gasteiger partial charge in [0.05, 0.1) is 6.61 Å². The second-order valence-electron chi connectivity index (χ2n) is 7.41. The van der Waals surface area contributed by atoms with E-state index in [1.165, 1.54) is 32.0 Å². The smallest absolute Gasteiger partial charge is 0.239 e. The summed E-state index contributed by atoms with van der Waals surface area (Å²) in [5.41, 5.74) is 4.92. The van der Waals surface area contributed by atoms with E-state index in [9.17, 15) is 0 Å². The fraction of sp³-hybridized carbons (Fsp3) is 0.148. The summed E-state index contributed by atoms with van der Waals surface area (Å²) < 4.78 is 39.8. The Morgan fingerprint density at radius 1 is 0.647 bits per heavy atom. The Morgan fingerprint density at radius 3 is 1.56 bits per heavy atom. The number of hydrogen-bond donors (Lipinski definition) is 0. The Hall–Kier alpha value is -2.84. The van der Waals surface area contributed by atoms with E-state index in [4.69, 9.17) is 23.4 Å². The number of rotatable bonds is 7. The van der Waals surface area contributed by atoms with E-state index in [0.29, 0.717) is 0 Å². The molecule has 0 bridgehead atoms. The van der Waals surface area contributed by atoms with E-state index < -0.39 is 10.2 Å². The summed E-state index contributed by atoms with van der Waals surface area (Å²) >= 11 is 1.83. The van der Waals surface area contributed by atoms with E-state index in [2.05, 4.69) is 104 Å². The minimum atomic E-state index is -4.94. The van der Waals surface area contributed by atoms with Crippen LogP contribution >= 0.6 is 11.3 Å². The summed E-state index contributed by atoms with van der Waals surface area (Å²) in [4.78, 5) is 2.54. The van der Waals surface area contributed by atoms with Crippen LogP contribution in [0.25, 0.3) is 32.0 Å². The van der Waals surface area contributed by atoms with Crippen LogP contribution in [0.1, 0.15) is 19.8 Å². The molecule has 0 saturated heterocycles. The standard InChI is InChI=1S/C27H25OS.ClHO4/c1-2-3-18-28-25-16-14-21(15-17-25)24-19-26(22-10-6-4-7-11-22)29-27(20-24)23-12-8-5-9-13-23;2-1(3,4)5/h4-17,19-20H,2-3,18H2,1H3;(H,2,3,4,5)/q+1;/p-1. The average Bonchev–Trinajstić information content (AvgIpc) is 2.84. The van der Waals surface area contributed by atoms with E-state index in [1.807, 2.05) is 11.3 Å². The maximum Gasteiger partial charge on any atom is 0.239 e. The molecule has 5 nitrogen and oxygen atoms in total. The first-order valence-electron chi connectivity index (χ1n) is 10.8. The van der Waals surface area contributed by atoms with E-state index in [1.54, 1.807) is 0 Å². The van der Waals surface area contributed by atoms with E-state index >= 15 is 0 Å². The van der Waals surface area contributed by atoms with Gasteiger partial charge in [0, 0.05) is 23.3 Å². The molecule has 34 heavy (non-hydrogen) atoms. The predicted octanol–water partition coefficient (Wildman–Crippen LogP) is 3.45. The summed E-state index contributed by atoms with van der Waals surface area (Å²) in [6.45, 7) is 2.96. The second-order valence-corrected chi connectivity index (χ2v) is 9.25. The molecule has 0 N–H and O–H groups in total. The van der Waals surface area contributed by atoms with Gasteiger partial charge in [-0.15, -0.1) is 10.2 Å². The minimum absolute atomic E-state index is 0.777. The number of halogens is 1. The first-order chi connectivity index (χ1) is 16.3. The third kappa shape index (κ3) is 8.50. The van der Waals surface area contributed by atoms with Gasteiger partial charge in [-0.1, -0.05) is 61.9 Å². The highest BCUT2D eigenvalue weighted by atomic mass is 35.7. The van der Waals surface area contributed by atoms with Gasteiger partial charge in [0.2, 0.25) is 21.1 Å². The average molecular weight is 497 g/mol. The number of ether oxygens (including phenoxy) is 1. The molecule has 0 saturated carbocycles. The zero-order valence-electron chi connectivity index (χ0n) is 18.7. The van der Waals surface area contributed by atoms with Crippen molar-refractivity contribution < 1.29 is 33.6 Å². The molecule has 3 aromatic carbocycles. The van der Waals surface area contributed by atoms with Crippen molar-refractivity contribution in [2.75, 3.05) is 6.61 Å².